The van der Waals surface area contributed by atoms with Crippen molar-refractivity contribution in [2.45, 2.75) is 44.4 Å². The molecule has 0 spiro atoms. The summed E-state index contributed by atoms with van der Waals surface area (Å²) in [5.41, 5.74) is 1.44. The number of hydrogen-bond donors (Lipinski definition) is 2. The number of carbonyl (C=O) groups excluding carboxylic acids is 1. The van der Waals surface area contributed by atoms with E-state index in [4.69, 9.17) is 0 Å². The van der Waals surface area contributed by atoms with Crippen molar-refractivity contribution >= 4 is 21.6 Å². The van der Waals surface area contributed by atoms with Gasteiger partial charge in [-0.3, -0.25) is 4.79 Å². The summed E-state index contributed by atoms with van der Waals surface area (Å²) in [6, 6.07) is 4.75. The number of unbranched alkanes of at least 4 members (excludes halogenated alkanes) is 1. The highest BCUT2D eigenvalue weighted by molar-refractivity contribution is 7.89. The van der Waals surface area contributed by atoms with E-state index in [2.05, 4.69) is 23.9 Å². The zero-order valence-electron chi connectivity index (χ0n) is 12.5. The predicted octanol–water partition coefficient (Wildman–Crippen LogP) is 2.29. The summed E-state index contributed by atoms with van der Waals surface area (Å²) in [5, 5.41) is 2.69. The first kappa shape index (κ1) is 16.0. The van der Waals surface area contributed by atoms with Crippen LogP contribution in [0.25, 0.3) is 0 Å². The Labute approximate surface area is 126 Å². The molecule has 116 valence electrons. The van der Waals surface area contributed by atoms with E-state index in [1.54, 1.807) is 12.1 Å². The van der Waals surface area contributed by atoms with E-state index in [1.165, 1.54) is 6.07 Å². The zero-order chi connectivity index (χ0) is 15.5. The first-order valence-electron chi connectivity index (χ1n) is 7.31. The number of sulfonamides is 1. The molecular formula is C15H22N2O3S. The molecule has 1 aromatic rings. The van der Waals surface area contributed by atoms with Crippen LogP contribution in [0.4, 0.5) is 5.69 Å². The summed E-state index contributed by atoms with van der Waals surface area (Å²) in [7, 11) is -3.49. The van der Waals surface area contributed by atoms with E-state index in [-0.39, 0.29) is 17.2 Å². The van der Waals surface area contributed by atoms with Crippen LogP contribution < -0.4 is 10.0 Å². The molecule has 2 rings (SSSR count). The van der Waals surface area contributed by atoms with E-state index >= 15 is 0 Å². The van der Waals surface area contributed by atoms with Gasteiger partial charge in [-0.1, -0.05) is 26.7 Å². The Balaban J connectivity index is 1.94. The molecule has 0 aromatic heterocycles. The lowest BCUT2D eigenvalue weighted by molar-refractivity contribution is -0.115. The standard InChI is InChI=1S/C15H22N2O3S/c1-11(2)5-3-4-8-16-21(19,20)13-6-7-14-12(9-13)10-15(18)17-14/h6-7,9,11,16H,3-5,8,10H2,1-2H3,(H,17,18). The van der Waals surface area contributed by atoms with Gasteiger partial charge in [0.1, 0.15) is 0 Å². The topological polar surface area (TPSA) is 75.3 Å². The van der Waals surface area contributed by atoms with Gasteiger partial charge in [-0.2, -0.15) is 0 Å². The van der Waals surface area contributed by atoms with Crippen LogP contribution in [0.5, 0.6) is 0 Å². The molecule has 0 fully saturated rings. The fourth-order valence-corrected chi connectivity index (χ4v) is 3.46. The molecule has 0 saturated carbocycles. The van der Waals surface area contributed by atoms with Gasteiger partial charge in [0.15, 0.2) is 0 Å². The third-order valence-corrected chi connectivity index (χ3v) is 4.97. The maximum Gasteiger partial charge on any atom is 0.240 e. The molecule has 1 aliphatic heterocycles. The van der Waals surface area contributed by atoms with E-state index in [0.717, 1.165) is 24.8 Å². The second kappa shape index (κ2) is 6.58. The molecule has 5 nitrogen and oxygen atoms in total. The number of amides is 1. The lowest BCUT2D eigenvalue weighted by Gasteiger charge is -2.09. The van der Waals surface area contributed by atoms with E-state index in [9.17, 15) is 13.2 Å². The average Bonchev–Trinajstić information content (AvgIpc) is 2.76. The van der Waals surface area contributed by atoms with E-state index < -0.39 is 10.0 Å². The maximum atomic E-state index is 12.2. The highest BCUT2D eigenvalue weighted by atomic mass is 32.2. The van der Waals surface area contributed by atoms with Crippen molar-refractivity contribution in [1.29, 1.82) is 0 Å². The lowest BCUT2D eigenvalue weighted by atomic mass is 10.1. The van der Waals surface area contributed by atoms with Crippen molar-refractivity contribution < 1.29 is 13.2 Å². The van der Waals surface area contributed by atoms with Crippen LogP contribution in [0.15, 0.2) is 23.1 Å². The summed E-state index contributed by atoms with van der Waals surface area (Å²) in [4.78, 5) is 11.5. The second-order valence-corrected chi connectivity index (χ2v) is 7.60. The van der Waals surface area contributed by atoms with Crippen LogP contribution in [0, 0.1) is 5.92 Å². The Morgan fingerprint density at radius 1 is 1.29 bits per heavy atom. The zero-order valence-corrected chi connectivity index (χ0v) is 13.3. The number of hydrogen-bond acceptors (Lipinski definition) is 3. The van der Waals surface area contributed by atoms with E-state index in [1.807, 2.05) is 0 Å². The summed E-state index contributed by atoms with van der Waals surface area (Å²) in [5.74, 6) is 0.546. The fraction of sp³-hybridized carbons (Fsp3) is 0.533. The molecule has 1 amide bonds. The number of anilines is 1. The van der Waals surface area contributed by atoms with Crippen LogP contribution in [-0.2, 0) is 21.2 Å². The van der Waals surface area contributed by atoms with Crippen molar-refractivity contribution in [1.82, 2.24) is 4.72 Å². The molecule has 0 bridgehead atoms. The summed E-state index contributed by atoms with van der Waals surface area (Å²) in [6.07, 6.45) is 3.20. The Morgan fingerprint density at radius 2 is 2.05 bits per heavy atom. The Kier molecular flexibility index (Phi) is 5.00. The van der Waals surface area contributed by atoms with Crippen LogP contribution in [0.2, 0.25) is 0 Å². The summed E-state index contributed by atoms with van der Waals surface area (Å²) < 4.78 is 27.0. The van der Waals surface area contributed by atoms with Crippen LogP contribution >= 0.6 is 0 Å². The number of rotatable bonds is 7. The monoisotopic (exact) mass is 310 g/mol. The summed E-state index contributed by atoms with van der Waals surface area (Å²) >= 11 is 0. The molecule has 2 N–H and O–H groups in total. The maximum absolute atomic E-state index is 12.2. The van der Waals surface area contributed by atoms with Gasteiger partial charge in [0.2, 0.25) is 15.9 Å². The van der Waals surface area contributed by atoms with Crippen molar-refractivity contribution in [3.05, 3.63) is 23.8 Å². The molecular weight excluding hydrogens is 288 g/mol. The van der Waals surface area contributed by atoms with Gasteiger partial charge < -0.3 is 5.32 Å². The quantitative estimate of drug-likeness (QED) is 0.759. The van der Waals surface area contributed by atoms with Crippen LogP contribution in [0.3, 0.4) is 0 Å². The van der Waals surface area contributed by atoms with Crippen molar-refractivity contribution in [3.63, 3.8) is 0 Å². The normalized spacial score (nSPS) is 14.3. The number of benzene rings is 1. The van der Waals surface area contributed by atoms with Gasteiger partial charge in [-0.25, -0.2) is 13.1 Å². The van der Waals surface area contributed by atoms with Gasteiger partial charge in [-0.05, 0) is 36.1 Å². The third-order valence-electron chi connectivity index (χ3n) is 3.51. The molecule has 0 unspecified atom stereocenters. The Hall–Kier alpha value is -1.40. The average molecular weight is 310 g/mol. The van der Waals surface area contributed by atoms with Gasteiger partial charge >= 0.3 is 0 Å². The van der Waals surface area contributed by atoms with Crippen LogP contribution in [-0.4, -0.2) is 20.9 Å². The molecule has 0 saturated heterocycles. The Bertz CT molecular complexity index is 624. The van der Waals surface area contributed by atoms with Gasteiger partial charge in [0.25, 0.3) is 0 Å². The Morgan fingerprint density at radius 3 is 2.76 bits per heavy atom. The fourth-order valence-electron chi connectivity index (χ4n) is 2.34. The first-order chi connectivity index (χ1) is 9.88. The minimum Gasteiger partial charge on any atom is -0.326 e. The smallest absolute Gasteiger partial charge is 0.240 e. The van der Waals surface area contributed by atoms with Gasteiger partial charge in [-0.15, -0.1) is 0 Å². The number of nitrogens with one attached hydrogen (secondary N) is 2. The molecule has 0 atom stereocenters. The molecule has 1 heterocycles. The number of carbonyl (C=O) groups is 1. The molecule has 21 heavy (non-hydrogen) atoms. The molecule has 6 heteroatoms. The first-order valence-corrected chi connectivity index (χ1v) is 8.79. The molecule has 1 aromatic carbocycles. The lowest BCUT2D eigenvalue weighted by Crippen LogP contribution is -2.24. The molecule has 0 aliphatic carbocycles. The summed E-state index contributed by atoms with van der Waals surface area (Å²) in [6.45, 7) is 4.76. The third kappa shape index (κ3) is 4.28. The predicted molar refractivity (Wildman–Crippen MR) is 82.7 cm³/mol. The van der Waals surface area contributed by atoms with Gasteiger partial charge in [0.05, 0.1) is 11.3 Å². The highest BCUT2D eigenvalue weighted by Crippen LogP contribution is 2.25. The number of fused-ring (bicyclic) bond motifs is 1. The minimum absolute atomic E-state index is 0.0961. The van der Waals surface area contributed by atoms with E-state index in [0.29, 0.717) is 18.2 Å². The molecule has 0 radical (unpaired) electrons. The largest absolute Gasteiger partial charge is 0.326 e. The molecule has 1 aliphatic rings. The van der Waals surface area contributed by atoms with Crippen molar-refractivity contribution in [2.24, 2.45) is 5.92 Å². The SMILES string of the molecule is CC(C)CCCCNS(=O)(=O)c1ccc2c(c1)CC(=O)N2. The second-order valence-electron chi connectivity index (χ2n) is 5.83. The van der Waals surface area contributed by atoms with Crippen LogP contribution in [0.1, 0.15) is 38.7 Å². The van der Waals surface area contributed by atoms with Crippen molar-refractivity contribution in [3.8, 4) is 0 Å². The highest BCUT2D eigenvalue weighted by Gasteiger charge is 2.21. The van der Waals surface area contributed by atoms with Gasteiger partial charge in [0, 0.05) is 12.2 Å². The van der Waals surface area contributed by atoms with Crippen molar-refractivity contribution in [2.75, 3.05) is 11.9 Å². The minimum atomic E-state index is -3.49.